The number of hydrogen-bond acceptors (Lipinski definition) is 5. The third kappa shape index (κ3) is 6.61. The highest BCUT2D eigenvalue weighted by Crippen LogP contribution is 2.76. The molecule has 0 saturated carbocycles. The maximum absolute atomic E-state index is 6.67. The largest absolute Gasteiger partial charge is 0.284 e. The minimum Gasteiger partial charge on any atom is -0.197 e. The van der Waals surface area contributed by atoms with E-state index >= 15 is 0 Å². The molecule has 0 saturated heterocycles. The first kappa shape index (κ1) is 22.9. The third-order valence-corrected chi connectivity index (χ3v) is 10.4. The van der Waals surface area contributed by atoms with Crippen molar-refractivity contribution in [1.82, 2.24) is 0 Å². The molecule has 14 heteroatoms. The SMILES string of the molecule is ClP(Cl)(Cl)=NP1(Cl)=NC(/c2ccccc2)=N\P(Cl)(Cl)=NC(/c2ccccc2)=N\1. The zero-order valence-electron chi connectivity index (χ0n) is 13.6. The molecule has 0 amide bonds. The summed E-state index contributed by atoms with van der Waals surface area (Å²) in [5, 5.41) is -3.25. The molecule has 0 N–H and O–H groups in total. The lowest BCUT2D eigenvalue weighted by Gasteiger charge is -2.16. The van der Waals surface area contributed by atoms with Crippen LogP contribution in [0.3, 0.4) is 0 Å². The van der Waals surface area contributed by atoms with Gasteiger partial charge in [-0.3, -0.25) is 0 Å². The number of amidine groups is 2. The fourth-order valence-electron chi connectivity index (χ4n) is 2.13. The van der Waals surface area contributed by atoms with Crippen LogP contribution in [-0.4, -0.2) is 11.7 Å². The molecule has 2 aromatic carbocycles. The smallest absolute Gasteiger partial charge is 0.197 e. The van der Waals surface area contributed by atoms with Gasteiger partial charge in [0.1, 0.15) is 0 Å². The number of nitrogens with zero attached hydrogens (tertiary/aromatic N) is 5. The highest BCUT2D eigenvalue weighted by Gasteiger charge is 2.27. The van der Waals surface area contributed by atoms with Gasteiger partial charge in [0.25, 0.3) is 12.6 Å². The van der Waals surface area contributed by atoms with E-state index in [0.29, 0.717) is 11.1 Å². The van der Waals surface area contributed by atoms with E-state index in [4.69, 9.17) is 67.4 Å². The fraction of sp³-hybridized carbons (Fsp3) is 0. The Bertz CT molecular complexity index is 1060. The van der Waals surface area contributed by atoms with Gasteiger partial charge in [0.05, 0.1) is 0 Å². The number of rotatable bonds is 3. The van der Waals surface area contributed by atoms with Gasteiger partial charge in [0.15, 0.2) is 11.7 Å². The normalized spacial score (nSPS) is 25.6. The Balaban J connectivity index is 2.32. The molecular weight excluding hydrogens is 544 g/mol. The minimum atomic E-state index is -3.42. The first-order valence-corrected chi connectivity index (χ1v) is 17.9. The maximum Gasteiger partial charge on any atom is 0.284 e. The fourth-order valence-corrected chi connectivity index (χ4v) is 11.0. The molecule has 0 fully saturated rings. The zero-order valence-corrected chi connectivity index (χ0v) is 20.8. The van der Waals surface area contributed by atoms with Crippen LogP contribution in [0.4, 0.5) is 0 Å². The van der Waals surface area contributed by atoms with E-state index in [1.807, 2.05) is 12.1 Å². The average Bonchev–Trinajstić information content (AvgIpc) is 2.59. The molecule has 28 heavy (non-hydrogen) atoms. The van der Waals surface area contributed by atoms with E-state index in [-0.39, 0.29) is 11.7 Å². The quantitative estimate of drug-likeness (QED) is 0.339. The summed E-state index contributed by atoms with van der Waals surface area (Å²) >= 11 is 37.4. The highest BCUT2D eigenvalue weighted by molar-refractivity contribution is 8.28. The Morgan fingerprint density at radius 1 is 0.679 bits per heavy atom. The van der Waals surface area contributed by atoms with Crippen LogP contribution in [0, 0.1) is 0 Å². The molecular formula is C14H10Cl6N5P3. The van der Waals surface area contributed by atoms with Gasteiger partial charge in [-0.2, -0.15) is 23.5 Å². The van der Waals surface area contributed by atoms with E-state index in [9.17, 15) is 0 Å². The van der Waals surface area contributed by atoms with E-state index < -0.39 is 17.7 Å². The molecule has 5 nitrogen and oxygen atoms in total. The van der Waals surface area contributed by atoms with Gasteiger partial charge >= 0.3 is 0 Å². The molecule has 1 aliphatic heterocycles. The van der Waals surface area contributed by atoms with Crippen molar-refractivity contribution < 1.29 is 0 Å². The Morgan fingerprint density at radius 2 is 1.14 bits per heavy atom. The van der Waals surface area contributed by atoms with Gasteiger partial charge in [0, 0.05) is 11.1 Å². The van der Waals surface area contributed by atoms with Crippen LogP contribution in [-0.2, 0) is 0 Å². The van der Waals surface area contributed by atoms with E-state index in [1.165, 1.54) is 0 Å². The number of halogens is 6. The molecule has 1 unspecified atom stereocenters. The minimum absolute atomic E-state index is 0.157. The second-order valence-electron chi connectivity index (χ2n) is 5.24. The van der Waals surface area contributed by atoms with Crippen molar-refractivity contribution in [2.45, 2.75) is 0 Å². The third-order valence-electron chi connectivity index (χ3n) is 3.15. The Morgan fingerprint density at radius 3 is 1.61 bits per heavy atom. The summed E-state index contributed by atoms with van der Waals surface area (Å²) in [5.41, 5.74) is 1.23. The van der Waals surface area contributed by atoms with Gasteiger partial charge in [-0.1, -0.05) is 60.7 Å². The van der Waals surface area contributed by atoms with Gasteiger partial charge < -0.3 is 0 Å². The van der Waals surface area contributed by atoms with Crippen LogP contribution in [0.2, 0.25) is 0 Å². The van der Waals surface area contributed by atoms with E-state index in [0.717, 1.165) is 0 Å². The lowest BCUT2D eigenvalue weighted by Crippen LogP contribution is -2.00. The lowest BCUT2D eigenvalue weighted by molar-refractivity contribution is 1.50. The molecule has 1 heterocycles. The zero-order chi connectivity index (χ0) is 20.4. The van der Waals surface area contributed by atoms with Crippen molar-refractivity contribution in [1.29, 1.82) is 0 Å². The summed E-state index contributed by atoms with van der Waals surface area (Å²) < 4.78 is 21.7. The van der Waals surface area contributed by atoms with Gasteiger partial charge in [-0.25, -0.2) is 0 Å². The van der Waals surface area contributed by atoms with Gasteiger partial charge in [0.2, 0.25) is 5.11 Å². The first-order valence-electron chi connectivity index (χ1n) is 7.43. The van der Waals surface area contributed by atoms with Crippen molar-refractivity contribution in [3.63, 3.8) is 0 Å². The molecule has 1 aliphatic rings. The second-order valence-corrected chi connectivity index (χ2v) is 20.2. The number of hydrogen-bond donors (Lipinski definition) is 0. The van der Waals surface area contributed by atoms with Crippen molar-refractivity contribution in [3.8, 4) is 0 Å². The summed E-state index contributed by atoms with van der Waals surface area (Å²) in [5.74, 6) is -2.88. The molecule has 148 valence electrons. The van der Waals surface area contributed by atoms with Crippen LogP contribution < -0.4 is 0 Å². The maximum atomic E-state index is 6.67. The van der Waals surface area contributed by atoms with Crippen LogP contribution >= 0.6 is 85.2 Å². The second kappa shape index (κ2) is 9.15. The molecule has 3 rings (SSSR count). The lowest BCUT2D eigenvalue weighted by atomic mass is 10.2. The van der Waals surface area contributed by atoms with Crippen LogP contribution in [0.25, 0.3) is 0 Å². The van der Waals surface area contributed by atoms with Crippen LogP contribution in [0.1, 0.15) is 11.1 Å². The standard InChI is InChI=1S/C14H10Cl6N5P3/c15-26(16,17)25-28(20)23-13(11-7-3-1-4-8-11)21-27(18,19)22-14(24-28)12-9-5-2-6-10-12/h1-10H/b21-13-,24-14-. The van der Waals surface area contributed by atoms with Gasteiger partial charge in [-0.05, 0) is 67.4 Å². The summed E-state index contributed by atoms with van der Waals surface area (Å²) in [6.45, 7) is -3.42. The summed E-state index contributed by atoms with van der Waals surface area (Å²) in [6.07, 6.45) is 0. The molecule has 0 bridgehead atoms. The predicted octanol–water partition coefficient (Wildman–Crippen LogP) is 10.2. The van der Waals surface area contributed by atoms with Crippen molar-refractivity contribution in [2.24, 2.45) is 23.5 Å². The molecule has 0 radical (unpaired) electrons. The van der Waals surface area contributed by atoms with Gasteiger partial charge in [-0.15, -0.1) is 0 Å². The summed E-state index contributed by atoms with van der Waals surface area (Å²) in [4.78, 5) is 0. The number of benzene rings is 2. The molecule has 0 spiro atoms. The highest BCUT2D eigenvalue weighted by atomic mass is 36.0. The average molecular weight is 554 g/mol. The summed E-state index contributed by atoms with van der Waals surface area (Å²) in [7, 11) is 0. The first-order chi connectivity index (χ1) is 13.1. The van der Waals surface area contributed by atoms with E-state index in [1.54, 1.807) is 48.5 Å². The molecule has 2 aromatic rings. The molecule has 0 aliphatic carbocycles. The Labute approximate surface area is 191 Å². The Kier molecular flexibility index (Phi) is 7.47. The van der Waals surface area contributed by atoms with Crippen molar-refractivity contribution in [2.75, 3.05) is 0 Å². The summed E-state index contributed by atoms with van der Waals surface area (Å²) in [6, 6.07) is 18.0. The predicted molar refractivity (Wildman–Crippen MR) is 129 cm³/mol. The molecule has 1 atom stereocenters. The topological polar surface area (TPSA) is 61.8 Å². The van der Waals surface area contributed by atoms with Crippen molar-refractivity contribution >= 4 is 96.8 Å². The van der Waals surface area contributed by atoms with E-state index in [2.05, 4.69) is 23.5 Å². The monoisotopic (exact) mass is 551 g/mol. The van der Waals surface area contributed by atoms with Crippen molar-refractivity contribution in [3.05, 3.63) is 71.8 Å². The molecule has 0 aromatic heterocycles. The van der Waals surface area contributed by atoms with Crippen LogP contribution in [0.15, 0.2) is 84.2 Å². The van der Waals surface area contributed by atoms with Crippen LogP contribution in [0.5, 0.6) is 0 Å². The Hall–Kier alpha value is 0.210.